The number of benzene rings is 2. The van der Waals surface area contributed by atoms with Gasteiger partial charge in [0.15, 0.2) is 0 Å². The largest absolute Gasteiger partial charge is 0.485 e. The summed E-state index contributed by atoms with van der Waals surface area (Å²) in [6.07, 6.45) is -1.11. The number of aliphatic hydroxyl groups is 1. The number of aliphatic hydroxyl groups excluding tert-OH is 1. The van der Waals surface area contributed by atoms with E-state index in [1.807, 2.05) is 0 Å². The van der Waals surface area contributed by atoms with E-state index in [4.69, 9.17) is 16.3 Å². The fourth-order valence-corrected chi connectivity index (χ4v) is 2.45. The summed E-state index contributed by atoms with van der Waals surface area (Å²) in [4.78, 5) is 0. The second-order valence-corrected chi connectivity index (χ2v) is 5.12. The molecule has 0 spiro atoms. The van der Waals surface area contributed by atoms with Crippen LogP contribution in [-0.4, -0.2) is 5.11 Å². The van der Waals surface area contributed by atoms with Gasteiger partial charge in [-0.15, -0.1) is 0 Å². The first-order valence-corrected chi connectivity index (χ1v) is 6.51. The summed E-state index contributed by atoms with van der Waals surface area (Å²) in [5.41, 5.74) is 0.997. The van der Waals surface area contributed by atoms with E-state index >= 15 is 0 Å². The van der Waals surface area contributed by atoms with Crippen molar-refractivity contribution in [3.63, 3.8) is 0 Å². The summed E-state index contributed by atoms with van der Waals surface area (Å²) in [6.45, 7) is 0. The lowest BCUT2D eigenvalue weighted by atomic mass is 9.95. The van der Waals surface area contributed by atoms with Gasteiger partial charge in [-0.05, 0) is 35.9 Å². The molecule has 1 heterocycles. The Morgan fingerprint density at radius 3 is 2.70 bits per heavy atom. The lowest BCUT2D eigenvalue weighted by molar-refractivity contribution is 0.0652. The molecule has 0 bridgehead atoms. The van der Waals surface area contributed by atoms with Gasteiger partial charge in [0.05, 0.1) is 11.1 Å². The number of ether oxygens (including phenoxy) is 1. The molecular formula is C15H11ClF2O2. The van der Waals surface area contributed by atoms with Gasteiger partial charge in [-0.2, -0.15) is 0 Å². The van der Waals surface area contributed by atoms with Crippen molar-refractivity contribution in [2.24, 2.45) is 0 Å². The molecule has 104 valence electrons. The highest BCUT2D eigenvalue weighted by Gasteiger charge is 2.28. The number of fused-ring (bicyclic) bond motifs is 1. The number of hydrogen-bond acceptors (Lipinski definition) is 2. The van der Waals surface area contributed by atoms with Gasteiger partial charge in [0.25, 0.3) is 0 Å². The zero-order chi connectivity index (χ0) is 14.3. The Bertz CT molecular complexity index is 660. The predicted octanol–water partition coefficient (Wildman–Crippen LogP) is 4.18. The molecule has 20 heavy (non-hydrogen) atoms. The van der Waals surface area contributed by atoms with Crippen LogP contribution >= 0.6 is 11.6 Å². The lowest BCUT2D eigenvalue weighted by Gasteiger charge is -2.30. The van der Waals surface area contributed by atoms with E-state index in [-0.39, 0.29) is 11.4 Å². The van der Waals surface area contributed by atoms with E-state index in [9.17, 15) is 13.9 Å². The zero-order valence-corrected chi connectivity index (χ0v) is 11.1. The molecule has 2 atom stereocenters. The summed E-state index contributed by atoms with van der Waals surface area (Å²) in [7, 11) is 0. The molecule has 0 aromatic heterocycles. The van der Waals surface area contributed by atoms with Crippen LogP contribution in [0.25, 0.3) is 0 Å². The Kier molecular flexibility index (Phi) is 3.36. The van der Waals surface area contributed by atoms with Crippen LogP contribution in [0.15, 0.2) is 36.4 Å². The van der Waals surface area contributed by atoms with Crippen LogP contribution in [0, 0.1) is 11.6 Å². The van der Waals surface area contributed by atoms with Crippen molar-refractivity contribution in [2.45, 2.75) is 18.6 Å². The number of hydrogen-bond donors (Lipinski definition) is 1. The van der Waals surface area contributed by atoms with Crippen molar-refractivity contribution in [1.29, 1.82) is 0 Å². The summed E-state index contributed by atoms with van der Waals surface area (Å²) >= 11 is 5.64. The van der Waals surface area contributed by atoms with Crippen molar-refractivity contribution in [3.8, 4) is 5.75 Å². The average Bonchev–Trinajstić information content (AvgIpc) is 2.42. The first-order valence-electron chi connectivity index (χ1n) is 6.13. The van der Waals surface area contributed by atoms with E-state index in [1.54, 1.807) is 6.07 Å². The number of halogens is 3. The fraction of sp³-hybridized carbons (Fsp3) is 0.200. The predicted molar refractivity (Wildman–Crippen MR) is 70.8 cm³/mol. The van der Waals surface area contributed by atoms with Gasteiger partial charge in [-0.25, -0.2) is 8.78 Å². The summed E-state index contributed by atoms with van der Waals surface area (Å²) in [6, 6.07) is 8.36. The summed E-state index contributed by atoms with van der Waals surface area (Å²) < 4.78 is 32.3. The molecule has 3 rings (SSSR count). The van der Waals surface area contributed by atoms with Gasteiger partial charge in [-0.1, -0.05) is 17.7 Å². The third-order valence-electron chi connectivity index (χ3n) is 3.35. The second-order valence-electron chi connectivity index (χ2n) is 4.71. The quantitative estimate of drug-likeness (QED) is 0.855. The molecule has 1 N–H and O–H groups in total. The van der Waals surface area contributed by atoms with Crippen molar-refractivity contribution in [1.82, 2.24) is 0 Å². The average molecular weight is 297 g/mol. The van der Waals surface area contributed by atoms with Gasteiger partial charge in [-0.3, -0.25) is 0 Å². The Balaban J connectivity index is 1.94. The molecular weight excluding hydrogens is 286 g/mol. The Hall–Kier alpha value is -1.65. The van der Waals surface area contributed by atoms with Gasteiger partial charge in [0.2, 0.25) is 0 Å². The minimum absolute atomic E-state index is 0.0348. The van der Waals surface area contributed by atoms with Crippen LogP contribution in [-0.2, 0) is 0 Å². The topological polar surface area (TPSA) is 29.5 Å². The van der Waals surface area contributed by atoms with Gasteiger partial charge < -0.3 is 9.84 Å². The normalized spacial score (nSPS) is 21.2. The maximum Gasteiger partial charge on any atom is 0.142 e. The maximum absolute atomic E-state index is 13.5. The standard InChI is InChI=1S/C15H11ClF2O2/c16-11-3-1-8(5-12(11)18)15-7-13(19)10-6-9(17)2-4-14(10)20-15/h1-6,13,15,19H,7H2. The molecule has 0 fully saturated rings. The van der Waals surface area contributed by atoms with E-state index in [0.717, 1.165) is 0 Å². The van der Waals surface area contributed by atoms with E-state index in [0.29, 0.717) is 16.9 Å². The minimum atomic E-state index is -0.849. The molecule has 2 aromatic carbocycles. The molecule has 0 amide bonds. The third-order valence-corrected chi connectivity index (χ3v) is 3.66. The van der Waals surface area contributed by atoms with E-state index < -0.39 is 23.8 Å². The smallest absolute Gasteiger partial charge is 0.142 e. The zero-order valence-electron chi connectivity index (χ0n) is 10.3. The molecule has 2 unspecified atom stereocenters. The molecule has 1 aliphatic heterocycles. The molecule has 2 aromatic rings. The van der Waals surface area contributed by atoms with Crippen molar-refractivity contribution < 1.29 is 18.6 Å². The Morgan fingerprint density at radius 1 is 1.15 bits per heavy atom. The lowest BCUT2D eigenvalue weighted by Crippen LogP contribution is -2.19. The number of rotatable bonds is 1. The summed E-state index contributed by atoms with van der Waals surface area (Å²) in [5.74, 6) is -0.556. The minimum Gasteiger partial charge on any atom is -0.485 e. The van der Waals surface area contributed by atoms with Crippen LogP contribution in [0.5, 0.6) is 5.75 Å². The Morgan fingerprint density at radius 2 is 1.95 bits per heavy atom. The highest BCUT2D eigenvalue weighted by molar-refractivity contribution is 6.30. The Labute approximate surface area is 119 Å². The van der Waals surface area contributed by atoms with Crippen molar-refractivity contribution in [3.05, 3.63) is 64.2 Å². The van der Waals surface area contributed by atoms with E-state index in [2.05, 4.69) is 0 Å². The molecule has 0 saturated heterocycles. The van der Waals surface area contributed by atoms with Gasteiger partial charge >= 0.3 is 0 Å². The highest BCUT2D eigenvalue weighted by Crippen LogP contribution is 2.41. The molecule has 2 nitrogen and oxygen atoms in total. The van der Waals surface area contributed by atoms with E-state index in [1.165, 1.54) is 30.3 Å². The van der Waals surface area contributed by atoms with Gasteiger partial charge in [0.1, 0.15) is 23.5 Å². The molecule has 0 saturated carbocycles. The van der Waals surface area contributed by atoms with Gasteiger partial charge in [0, 0.05) is 12.0 Å². The molecule has 5 heteroatoms. The molecule has 0 aliphatic carbocycles. The van der Waals surface area contributed by atoms with Crippen LogP contribution in [0.1, 0.15) is 29.8 Å². The molecule has 1 aliphatic rings. The first-order chi connectivity index (χ1) is 9.54. The monoisotopic (exact) mass is 296 g/mol. The third kappa shape index (κ3) is 2.37. The van der Waals surface area contributed by atoms with Crippen LogP contribution in [0.4, 0.5) is 8.78 Å². The van der Waals surface area contributed by atoms with Crippen LogP contribution in [0.2, 0.25) is 5.02 Å². The van der Waals surface area contributed by atoms with Crippen LogP contribution in [0.3, 0.4) is 0 Å². The molecule has 0 radical (unpaired) electrons. The summed E-state index contributed by atoms with van der Waals surface area (Å²) in [5, 5.41) is 10.1. The first kappa shape index (κ1) is 13.3. The fourth-order valence-electron chi connectivity index (χ4n) is 2.33. The SMILES string of the molecule is OC1CC(c2ccc(Cl)c(F)c2)Oc2ccc(F)cc21. The highest BCUT2D eigenvalue weighted by atomic mass is 35.5. The van der Waals surface area contributed by atoms with Crippen molar-refractivity contribution >= 4 is 11.6 Å². The maximum atomic E-state index is 13.5. The second kappa shape index (κ2) is 5.04. The van der Waals surface area contributed by atoms with Crippen molar-refractivity contribution in [2.75, 3.05) is 0 Å². The van der Waals surface area contributed by atoms with Crippen LogP contribution < -0.4 is 4.74 Å².